The van der Waals surface area contributed by atoms with Crippen molar-refractivity contribution in [2.45, 2.75) is 18.5 Å². The number of nitrogens with one attached hydrogen (secondary N) is 2. The van der Waals surface area contributed by atoms with Crippen molar-refractivity contribution in [1.82, 2.24) is 15.5 Å². The van der Waals surface area contributed by atoms with Crippen LogP contribution in [0.3, 0.4) is 0 Å². The third-order valence-electron chi connectivity index (χ3n) is 5.01. The first-order valence-corrected chi connectivity index (χ1v) is 11.4. The van der Waals surface area contributed by atoms with Gasteiger partial charge in [-0.15, -0.1) is 24.0 Å². The average molecular weight is 543 g/mol. The SMILES string of the molecule is CN=C(NCC(c1ccccc1Cl)N1CCOCC1)NC1CCS(=O)(=O)C1.I. The highest BCUT2D eigenvalue weighted by atomic mass is 127. The van der Waals surface area contributed by atoms with Crippen LogP contribution in [-0.4, -0.2) is 76.7 Å². The molecule has 28 heavy (non-hydrogen) atoms. The molecule has 0 spiro atoms. The second-order valence-corrected chi connectivity index (χ2v) is 9.52. The lowest BCUT2D eigenvalue weighted by Gasteiger charge is -2.35. The molecule has 1 aromatic rings. The van der Waals surface area contributed by atoms with Crippen molar-refractivity contribution in [3.63, 3.8) is 0 Å². The van der Waals surface area contributed by atoms with Crippen molar-refractivity contribution >= 4 is 51.4 Å². The Labute approximate surface area is 189 Å². The summed E-state index contributed by atoms with van der Waals surface area (Å²) in [6, 6.07) is 7.85. The van der Waals surface area contributed by atoms with Gasteiger partial charge in [0.05, 0.1) is 30.8 Å². The third kappa shape index (κ3) is 6.45. The van der Waals surface area contributed by atoms with Gasteiger partial charge in [0, 0.05) is 37.7 Å². The molecule has 3 rings (SSSR count). The largest absolute Gasteiger partial charge is 0.379 e. The van der Waals surface area contributed by atoms with Crippen LogP contribution in [0.4, 0.5) is 0 Å². The van der Waals surface area contributed by atoms with Crippen LogP contribution < -0.4 is 10.6 Å². The van der Waals surface area contributed by atoms with E-state index in [-0.39, 0.29) is 47.6 Å². The van der Waals surface area contributed by atoms with E-state index in [0.717, 1.165) is 23.7 Å². The van der Waals surface area contributed by atoms with Gasteiger partial charge in [0.15, 0.2) is 15.8 Å². The Morgan fingerprint density at radius 2 is 2.07 bits per heavy atom. The summed E-state index contributed by atoms with van der Waals surface area (Å²) in [5, 5.41) is 7.32. The monoisotopic (exact) mass is 542 g/mol. The standard InChI is InChI=1S/C18H27ClN4O3S.HI/c1-20-18(22-14-6-11-27(24,25)13-14)21-12-17(23-7-9-26-10-8-23)15-4-2-3-5-16(15)19;/h2-5,14,17H,6-13H2,1H3,(H2,20,21,22);1H. The molecule has 1 aromatic carbocycles. The van der Waals surface area contributed by atoms with Gasteiger partial charge in [0.1, 0.15) is 0 Å². The van der Waals surface area contributed by atoms with E-state index in [1.165, 1.54) is 0 Å². The molecular formula is C18H28ClIN4O3S. The van der Waals surface area contributed by atoms with Gasteiger partial charge in [-0.25, -0.2) is 8.42 Å². The fraction of sp³-hybridized carbons (Fsp3) is 0.611. The fourth-order valence-corrected chi connectivity index (χ4v) is 5.50. The van der Waals surface area contributed by atoms with Gasteiger partial charge in [0.25, 0.3) is 0 Å². The van der Waals surface area contributed by atoms with Crippen LogP contribution in [0.25, 0.3) is 0 Å². The molecular weight excluding hydrogens is 515 g/mol. The van der Waals surface area contributed by atoms with Crippen molar-refractivity contribution in [1.29, 1.82) is 0 Å². The van der Waals surface area contributed by atoms with Crippen LogP contribution in [0.5, 0.6) is 0 Å². The maximum Gasteiger partial charge on any atom is 0.191 e. The van der Waals surface area contributed by atoms with E-state index in [9.17, 15) is 8.42 Å². The van der Waals surface area contributed by atoms with E-state index < -0.39 is 9.84 Å². The second-order valence-electron chi connectivity index (χ2n) is 6.88. The molecule has 2 aliphatic rings. The summed E-state index contributed by atoms with van der Waals surface area (Å²) >= 11 is 6.46. The normalized spacial score (nSPS) is 23.6. The molecule has 0 amide bonds. The van der Waals surface area contributed by atoms with Crippen LogP contribution in [0.2, 0.25) is 5.02 Å². The van der Waals surface area contributed by atoms with Crippen molar-refractivity contribution in [2.75, 3.05) is 51.4 Å². The van der Waals surface area contributed by atoms with Crippen molar-refractivity contribution in [2.24, 2.45) is 4.99 Å². The molecule has 0 bridgehead atoms. The number of ether oxygens (including phenoxy) is 1. The Kier molecular flexibility index (Phi) is 9.26. The number of benzene rings is 1. The number of rotatable bonds is 5. The highest BCUT2D eigenvalue weighted by Crippen LogP contribution is 2.27. The van der Waals surface area contributed by atoms with E-state index in [4.69, 9.17) is 16.3 Å². The second kappa shape index (κ2) is 11.0. The highest BCUT2D eigenvalue weighted by molar-refractivity contribution is 14.0. The minimum absolute atomic E-state index is 0. The van der Waals surface area contributed by atoms with Gasteiger partial charge in [-0.1, -0.05) is 29.8 Å². The zero-order valence-corrected chi connectivity index (χ0v) is 19.8. The van der Waals surface area contributed by atoms with Crippen molar-refractivity contribution < 1.29 is 13.2 Å². The van der Waals surface area contributed by atoms with Crippen molar-refractivity contribution in [3.8, 4) is 0 Å². The first-order valence-electron chi connectivity index (χ1n) is 9.22. The summed E-state index contributed by atoms with van der Waals surface area (Å²) in [6.07, 6.45) is 0.612. The van der Waals surface area contributed by atoms with Gasteiger partial charge in [0.2, 0.25) is 0 Å². The number of halogens is 2. The molecule has 158 valence electrons. The summed E-state index contributed by atoms with van der Waals surface area (Å²) in [4.78, 5) is 6.61. The molecule has 0 aromatic heterocycles. The van der Waals surface area contributed by atoms with E-state index >= 15 is 0 Å². The Morgan fingerprint density at radius 1 is 1.36 bits per heavy atom. The number of hydrogen-bond acceptors (Lipinski definition) is 5. The molecule has 10 heteroatoms. The molecule has 0 saturated carbocycles. The van der Waals surface area contributed by atoms with Gasteiger partial charge < -0.3 is 15.4 Å². The molecule has 0 aliphatic carbocycles. The lowest BCUT2D eigenvalue weighted by atomic mass is 10.0. The van der Waals surface area contributed by atoms with E-state index in [1.54, 1.807) is 7.05 Å². The number of hydrogen-bond donors (Lipinski definition) is 2. The molecule has 2 fully saturated rings. The minimum atomic E-state index is -2.93. The van der Waals surface area contributed by atoms with E-state index in [2.05, 4.69) is 20.5 Å². The fourth-order valence-electron chi connectivity index (χ4n) is 3.56. The Bertz CT molecular complexity index is 772. The average Bonchev–Trinajstić information content (AvgIpc) is 3.01. The molecule has 2 atom stereocenters. The molecule has 2 saturated heterocycles. The molecule has 2 unspecified atom stereocenters. The van der Waals surface area contributed by atoms with Crippen LogP contribution >= 0.6 is 35.6 Å². The van der Waals surface area contributed by atoms with E-state index in [0.29, 0.717) is 32.1 Å². The minimum Gasteiger partial charge on any atom is -0.379 e. The molecule has 2 N–H and O–H groups in total. The Balaban J connectivity index is 0.00000280. The summed E-state index contributed by atoms with van der Waals surface area (Å²) < 4.78 is 28.8. The number of morpholine rings is 1. The zero-order chi connectivity index (χ0) is 19.3. The van der Waals surface area contributed by atoms with Gasteiger partial charge in [-0.05, 0) is 18.1 Å². The predicted octanol–water partition coefficient (Wildman–Crippen LogP) is 1.68. The van der Waals surface area contributed by atoms with Gasteiger partial charge in [-0.3, -0.25) is 9.89 Å². The zero-order valence-electron chi connectivity index (χ0n) is 15.9. The summed E-state index contributed by atoms with van der Waals surface area (Å²) in [7, 11) is -1.24. The van der Waals surface area contributed by atoms with Gasteiger partial charge >= 0.3 is 0 Å². The number of aliphatic imine (C=N–C) groups is 1. The highest BCUT2D eigenvalue weighted by Gasteiger charge is 2.29. The van der Waals surface area contributed by atoms with E-state index in [1.807, 2.05) is 24.3 Å². The van der Waals surface area contributed by atoms with Crippen LogP contribution in [0.15, 0.2) is 29.3 Å². The molecule has 0 radical (unpaired) electrons. The predicted molar refractivity (Wildman–Crippen MR) is 124 cm³/mol. The summed E-state index contributed by atoms with van der Waals surface area (Å²) in [5.74, 6) is 1.01. The lowest BCUT2D eigenvalue weighted by Crippen LogP contribution is -2.48. The first-order chi connectivity index (χ1) is 13.0. The van der Waals surface area contributed by atoms with Gasteiger partial charge in [-0.2, -0.15) is 0 Å². The number of guanidine groups is 1. The lowest BCUT2D eigenvalue weighted by molar-refractivity contribution is 0.0170. The number of sulfone groups is 1. The molecule has 2 aliphatic heterocycles. The molecule has 7 nitrogen and oxygen atoms in total. The summed E-state index contributed by atoms with van der Waals surface area (Å²) in [6.45, 7) is 3.69. The summed E-state index contributed by atoms with van der Waals surface area (Å²) in [5.41, 5.74) is 1.06. The van der Waals surface area contributed by atoms with Crippen LogP contribution in [0.1, 0.15) is 18.0 Å². The van der Waals surface area contributed by atoms with Crippen LogP contribution in [0, 0.1) is 0 Å². The first kappa shape index (κ1) is 23.7. The maximum absolute atomic E-state index is 11.7. The topological polar surface area (TPSA) is 83.0 Å². The Hall–Kier alpha value is -0.620. The maximum atomic E-state index is 11.7. The Morgan fingerprint density at radius 3 is 2.68 bits per heavy atom. The van der Waals surface area contributed by atoms with Crippen molar-refractivity contribution in [3.05, 3.63) is 34.9 Å². The molecule has 2 heterocycles. The smallest absolute Gasteiger partial charge is 0.191 e. The van der Waals surface area contributed by atoms with Crippen LogP contribution in [-0.2, 0) is 14.6 Å². The number of nitrogens with zero attached hydrogens (tertiary/aromatic N) is 2. The quantitative estimate of drug-likeness (QED) is 0.335. The third-order valence-corrected chi connectivity index (χ3v) is 7.12.